The molecule has 0 amide bonds. The predicted octanol–water partition coefficient (Wildman–Crippen LogP) is 1.96. The van der Waals surface area contributed by atoms with Gasteiger partial charge in [-0.3, -0.25) is 0 Å². The van der Waals surface area contributed by atoms with Gasteiger partial charge in [-0.2, -0.15) is 0 Å². The largest absolute Gasteiger partial charge is 0.474 e. The molecule has 0 fully saturated rings. The lowest BCUT2D eigenvalue weighted by Gasteiger charge is -2.19. The normalized spacial score (nSPS) is 14.5. The Kier molecular flexibility index (Phi) is 1.92. The highest BCUT2D eigenvalue weighted by Gasteiger charge is 2.14. The Morgan fingerprint density at radius 3 is 3.33 bits per heavy atom. The fourth-order valence-electron chi connectivity index (χ4n) is 1.20. The van der Waals surface area contributed by atoms with Gasteiger partial charge in [-0.1, -0.05) is 0 Å². The van der Waals surface area contributed by atoms with E-state index < -0.39 is 0 Å². The molecular weight excluding hydrogens is 220 g/mol. The summed E-state index contributed by atoms with van der Waals surface area (Å²) in [6, 6.07) is 0. The molecule has 4 heteroatoms. The molecule has 64 valence electrons. The number of nitrogens with zero attached hydrogens (tertiary/aromatic N) is 1. The summed E-state index contributed by atoms with van der Waals surface area (Å²) >= 11 is 3.42. The smallest absolute Gasteiger partial charge is 0.237 e. The molecule has 0 saturated heterocycles. The highest BCUT2D eigenvalue weighted by molar-refractivity contribution is 9.10. The Morgan fingerprint density at radius 2 is 2.50 bits per heavy atom. The van der Waals surface area contributed by atoms with Gasteiger partial charge in [0.25, 0.3) is 0 Å². The van der Waals surface area contributed by atoms with Crippen LogP contribution in [0.5, 0.6) is 5.88 Å². The van der Waals surface area contributed by atoms with Gasteiger partial charge in [0.1, 0.15) is 12.3 Å². The van der Waals surface area contributed by atoms with E-state index in [-0.39, 0.29) is 0 Å². The average molecular weight is 229 g/mol. The van der Waals surface area contributed by atoms with E-state index in [1.807, 2.05) is 6.92 Å². The number of nitrogens with one attached hydrogen (secondary N) is 1. The first-order valence-corrected chi connectivity index (χ1v) is 4.60. The Morgan fingerprint density at radius 1 is 1.67 bits per heavy atom. The van der Waals surface area contributed by atoms with Gasteiger partial charge in [0.05, 0.1) is 0 Å². The van der Waals surface area contributed by atoms with Crippen molar-refractivity contribution in [1.82, 2.24) is 4.98 Å². The second kappa shape index (κ2) is 2.94. The maximum atomic E-state index is 5.36. The molecular formula is C8H9BrN2O. The molecule has 0 aliphatic carbocycles. The van der Waals surface area contributed by atoms with E-state index in [1.54, 1.807) is 6.20 Å². The number of anilines is 1. The highest BCUT2D eigenvalue weighted by atomic mass is 79.9. The molecule has 0 aromatic carbocycles. The Hall–Kier alpha value is -0.770. The Labute approximate surface area is 79.3 Å². The van der Waals surface area contributed by atoms with Crippen molar-refractivity contribution in [3.05, 3.63) is 16.2 Å². The van der Waals surface area contributed by atoms with E-state index in [1.165, 1.54) is 0 Å². The maximum Gasteiger partial charge on any atom is 0.237 e. The number of aromatic nitrogens is 1. The molecule has 0 atom stereocenters. The third kappa shape index (κ3) is 1.16. The second-order valence-electron chi connectivity index (χ2n) is 2.69. The lowest BCUT2D eigenvalue weighted by Crippen LogP contribution is -2.19. The van der Waals surface area contributed by atoms with Crippen LogP contribution < -0.4 is 10.1 Å². The van der Waals surface area contributed by atoms with Gasteiger partial charge in [-0.05, 0) is 28.4 Å². The van der Waals surface area contributed by atoms with E-state index in [0.29, 0.717) is 12.5 Å². The van der Waals surface area contributed by atoms with Gasteiger partial charge in [-0.15, -0.1) is 0 Å². The minimum Gasteiger partial charge on any atom is -0.474 e. The van der Waals surface area contributed by atoms with Crippen molar-refractivity contribution in [2.24, 2.45) is 0 Å². The molecule has 2 heterocycles. The van der Waals surface area contributed by atoms with Crippen LogP contribution in [-0.4, -0.2) is 18.1 Å². The third-order valence-corrected chi connectivity index (χ3v) is 2.68. The molecule has 0 bridgehead atoms. The second-order valence-corrected chi connectivity index (χ2v) is 3.54. The minimum absolute atomic E-state index is 0.696. The molecule has 1 aliphatic rings. The first kappa shape index (κ1) is 7.86. The molecule has 0 saturated carbocycles. The molecule has 1 N–H and O–H groups in total. The lowest BCUT2D eigenvalue weighted by molar-refractivity contribution is 0.310. The van der Waals surface area contributed by atoms with Crippen LogP contribution >= 0.6 is 15.9 Å². The van der Waals surface area contributed by atoms with Crippen LogP contribution in [0.1, 0.15) is 5.56 Å². The molecule has 2 rings (SSSR count). The highest BCUT2D eigenvalue weighted by Crippen LogP contribution is 2.32. The Balaban J connectivity index is 2.54. The van der Waals surface area contributed by atoms with Gasteiger partial charge in [0.2, 0.25) is 5.88 Å². The zero-order valence-electron chi connectivity index (χ0n) is 6.72. The van der Waals surface area contributed by atoms with Crippen molar-refractivity contribution in [2.75, 3.05) is 18.5 Å². The average Bonchev–Trinajstić information content (AvgIpc) is 2.12. The molecule has 12 heavy (non-hydrogen) atoms. The van der Waals surface area contributed by atoms with Crippen molar-refractivity contribution in [2.45, 2.75) is 6.92 Å². The number of fused-ring (bicyclic) bond motifs is 1. The third-order valence-electron chi connectivity index (χ3n) is 1.88. The van der Waals surface area contributed by atoms with E-state index in [9.17, 15) is 0 Å². The summed E-state index contributed by atoms with van der Waals surface area (Å²) in [5.74, 6) is 0.710. The van der Waals surface area contributed by atoms with Gasteiger partial charge < -0.3 is 10.1 Å². The SMILES string of the molecule is Cc1c(Br)cnc2c1NCCO2. The first-order valence-electron chi connectivity index (χ1n) is 3.81. The fourth-order valence-corrected chi connectivity index (χ4v) is 1.50. The van der Waals surface area contributed by atoms with Gasteiger partial charge in [-0.25, -0.2) is 4.98 Å². The summed E-state index contributed by atoms with van der Waals surface area (Å²) < 4.78 is 6.38. The number of halogens is 1. The van der Waals surface area contributed by atoms with Crippen molar-refractivity contribution < 1.29 is 4.74 Å². The summed E-state index contributed by atoms with van der Waals surface area (Å²) in [6.45, 7) is 3.58. The number of hydrogen-bond acceptors (Lipinski definition) is 3. The van der Waals surface area contributed by atoms with Crippen LogP contribution in [0.4, 0.5) is 5.69 Å². The van der Waals surface area contributed by atoms with E-state index >= 15 is 0 Å². The summed E-state index contributed by atoms with van der Waals surface area (Å²) in [4.78, 5) is 4.15. The van der Waals surface area contributed by atoms with Crippen LogP contribution in [0.2, 0.25) is 0 Å². The lowest BCUT2D eigenvalue weighted by atomic mass is 10.2. The van der Waals surface area contributed by atoms with Gasteiger partial charge in [0.15, 0.2) is 0 Å². The zero-order chi connectivity index (χ0) is 8.55. The maximum absolute atomic E-state index is 5.36. The van der Waals surface area contributed by atoms with E-state index in [4.69, 9.17) is 4.74 Å². The molecule has 0 radical (unpaired) electrons. The summed E-state index contributed by atoms with van der Waals surface area (Å²) in [5, 5.41) is 3.25. The van der Waals surface area contributed by atoms with Gasteiger partial charge >= 0.3 is 0 Å². The molecule has 0 unspecified atom stereocenters. The molecule has 1 aromatic heterocycles. The van der Waals surface area contributed by atoms with Crippen LogP contribution in [0.15, 0.2) is 10.7 Å². The zero-order valence-corrected chi connectivity index (χ0v) is 8.31. The number of pyridine rings is 1. The van der Waals surface area contributed by atoms with Crippen LogP contribution in [0.3, 0.4) is 0 Å². The Bertz CT molecular complexity index is 314. The molecule has 0 spiro atoms. The van der Waals surface area contributed by atoms with E-state index in [0.717, 1.165) is 22.3 Å². The van der Waals surface area contributed by atoms with Crippen molar-refractivity contribution in [3.63, 3.8) is 0 Å². The summed E-state index contributed by atoms with van der Waals surface area (Å²) in [7, 11) is 0. The van der Waals surface area contributed by atoms with Crippen LogP contribution in [-0.2, 0) is 0 Å². The van der Waals surface area contributed by atoms with Crippen molar-refractivity contribution in [1.29, 1.82) is 0 Å². The number of ether oxygens (including phenoxy) is 1. The fraction of sp³-hybridized carbons (Fsp3) is 0.375. The number of hydrogen-bond donors (Lipinski definition) is 1. The number of rotatable bonds is 0. The topological polar surface area (TPSA) is 34.2 Å². The standard InChI is InChI=1S/C8H9BrN2O/c1-5-6(9)4-11-8-7(5)10-2-3-12-8/h4,10H,2-3H2,1H3. The molecule has 3 nitrogen and oxygen atoms in total. The first-order chi connectivity index (χ1) is 5.79. The van der Waals surface area contributed by atoms with E-state index in [2.05, 4.69) is 26.2 Å². The van der Waals surface area contributed by atoms with Crippen molar-refractivity contribution >= 4 is 21.6 Å². The molecule has 1 aromatic rings. The van der Waals surface area contributed by atoms with Gasteiger partial charge in [0, 0.05) is 17.2 Å². The summed E-state index contributed by atoms with van der Waals surface area (Å²) in [6.07, 6.45) is 1.77. The molecule has 1 aliphatic heterocycles. The monoisotopic (exact) mass is 228 g/mol. The minimum atomic E-state index is 0.696. The van der Waals surface area contributed by atoms with Crippen molar-refractivity contribution in [3.8, 4) is 5.88 Å². The quantitative estimate of drug-likeness (QED) is 0.738. The van der Waals surface area contributed by atoms with Crippen LogP contribution in [0.25, 0.3) is 0 Å². The summed E-state index contributed by atoms with van der Waals surface area (Å²) in [5.41, 5.74) is 2.16. The predicted molar refractivity (Wildman–Crippen MR) is 50.7 cm³/mol. The van der Waals surface area contributed by atoms with Crippen LogP contribution in [0, 0.1) is 6.92 Å².